The Morgan fingerprint density at radius 3 is 1.97 bits per heavy atom. The molecule has 3 aromatic heterocycles. The molecule has 184 valence electrons. The highest BCUT2D eigenvalue weighted by Crippen LogP contribution is 2.37. The fraction of sp³-hybridized carbons (Fsp3) is 0. The molecule has 3 nitrogen and oxygen atoms in total. The first-order chi connectivity index (χ1) is 19.3. The van der Waals surface area contributed by atoms with Gasteiger partial charge >= 0.3 is 0 Å². The fourth-order valence-corrected chi connectivity index (χ4v) is 5.89. The van der Waals surface area contributed by atoms with E-state index in [-0.39, 0.29) is 0 Å². The molecule has 0 aliphatic heterocycles. The van der Waals surface area contributed by atoms with E-state index in [1.165, 1.54) is 10.1 Å². The van der Waals surface area contributed by atoms with Crippen LogP contribution in [-0.4, -0.2) is 15.0 Å². The molecule has 0 bridgehead atoms. The largest absolute Gasteiger partial charge is 0.264 e. The Hall–Kier alpha value is -4.93. The molecule has 0 N–H and O–H groups in total. The van der Waals surface area contributed by atoms with Crippen molar-refractivity contribution < 1.29 is 0 Å². The summed E-state index contributed by atoms with van der Waals surface area (Å²) in [5.74, 6) is 0.709. The molecule has 3 heterocycles. The Kier molecular flexibility index (Phi) is 6.00. The third-order valence-corrected chi connectivity index (χ3v) is 7.97. The van der Waals surface area contributed by atoms with Gasteiger partial charge in [0.2, 0.25) is 0 Å². The Labute approximate surface area is 231 Å². The SMILES string of the molecule is c1ccc(-c2ccccc2-c2cc(-c3cc4ccccc4s3)nc(-c3ccc(-c4cccnc4)cc3)n2)cc1. The van der Waals surface area contributed by atoms with Gasteiger partial charge in [-0.2, -0.15) is 0 Å². The van der Waals surface area contributed by atoms with Gasteiger partial charge in [-0.05, 0) is 51.9 Å². The van der Waals surface area contributed by atoms with E-state index in [9.17, 15) is 0 Å². The van der Waals surface area contributed by atoms with E-state index in [1.807, 2.05) is 18.3 Å². The minimum absolute atomic E-state index is 0.709. The molecule has 7 aromatic rings. The molecule has 0 unspecified atom stereocenters. The first-order valence-corrected chi connectivity index (χ1v) is 13.7. The third kappa shape index (κ3) is 4.63. The molecule has 0 aliphatic carbocycles. The second-order valence-electron chi connectivity index (χ2n) is 9.34. The molecule has 39 heavy (non-hydrogen) atoms. The Balaban J connectivity index is 1.40. The van der Waals surface area contributed by atoms with Crippen LogP contribution < -0.4 is 0 Å². The molecule has 4 aromatic carbocycles. The smallest absolute Gasteiger partial charge is 0.160 e. The quantitative estimate of drug-likeness (QED) is 0.228. The summed E-state index contributed by atoms with van der Waals surface area (Å²) in [6.45, 7) is 0. The molecule has 0 aliphatic rings. The van der Waals surface area contributed by atoms with Crippen molar-refractivity contribution in [2.45, 2.75) is 0 Å². The summed E-state index contributed by atoms with van der Waals surface area (Å²) in [5, 5.41) is 1.23. The lowest BCUT2D eigenvalue weighted by molar-refractivity contribution is 1.19. The first kappa shape index (κ1) is 23.2. The van der Waals surface area contributed by atoms with Gasteiger partial charge < -0.3 is 0 Å². The van der Waals surface area contributed by atoms with Gasteiger partial charge in [0.15, 0.2) is 5.82 Å². The van der Waals surface area contributed by atoms with Crippen LogP contribution in [0.4, 0.5) is 0 Å². The number of hydrogen-bond acceptors (Lipinski definition) is 4. The highest BCUT2D eigenvalue weighted by Gasteiger charge is 2.15. The summed E-state index contributed by atoms with van der Waals surface area (Å²) in [5.41, 5.74) is 8.41. The van der Waals surface area contributed by atoms with Gasteiger partial charge in [-0.15, -0.1) is 11.3 Å². The highest BCUT2D eigenvalue weighted by molar-refractivity contribution is 7.22. The molecule has 0 spiro atoms. The molecule has 0 fully saturated rings. The minimum atomic E-state index is 0.709. The standard InChI is InChI=1S/C35H23N3S/c1-2-9-25(10-3-1)29-13-5-6-14-30(29)31-22-32(34-21-27-11-4-7-15-33(27)39-34)38-35(37-31)26-18-16-24(17-19-26)28-12-8-20-36-23-28/h1-23H. The Bertz CT molecular complexity index is 1860. The van der Waals surface area contributed by atoms with E-state index in [4.69, 9.17) is 9.97 Å². The predicted octanol–water partition coefficient (Wildman–Crippen LogP) is 9.42. The molecule has 0 saturated carbocycles. The average molecular weight is 518 g/mol. The number of aromatic nitrogens is 3. The zero-order valence-electron chi connectivity index (χ0n) is 21.0. The van der Waals surface area contributed by atoms with Gasteiger partial charge in [0, 0.05) is 28.2 Å². The van der Waals surface area contributed by atoms with Crippen molar-refractivity contribution in [1.29, 1.82) is 0 Å². The first-order valence-electron chi connectivity index (χ1n) is 12.9. The summed E-state index contributed by atoms with van der Waals surface area (Å²) in [4.78, 5) is 15.6. The molecule has 0 radical (unpaired) electrons. The van der Waals surface area contributed by atoms with E-state index in [1.54, 1.807) is 17.5 Å². The van der Waals surface area contributed by atoms with E-state index >= 15 is 0 Å². The summed E-state index contributed by atoms with van der Waals surface area (Å²) < 4.78 is 1.25. The van der Waals surface area contributed by atoms with Crippen molar-refractivity contribution >= 4 is 21.4 Å². The number of pyridine rings is 1. The maximum absolute atomic E-state index is 5.12. The van der Waals surface area contributed by atoms with Crippen LogP contribution in [0.2, 0.25) is 0 Å². The van der Waals surface area contributed by atoms with Gasteiger partial charge in [-0.25, -0.2) is 9.97 Å². The minimum Gasteiger partial charge on any atom is -0.264 e. The summed E-state index contributed by atoms with van der Waals surface area (Å²) in [6, 6.07) is 44.2. The van der Waals surface area contributed by atoms with E-state index in [0.717, 1.165) is 49.6 Å². The molecule has 7 rings (SSSR count). The number of nitrogens with zero attached hydrogens (tertiary/aromatic N) is 3. The Morgan fingerprint density at radius 1 is 0.487 bits per heavy atom. The van der Waals surface area contributed by atoms with Crippen LogP contribution in [0.1, 0.15) is 0 Å². The lowest BCUT2D eigenvalue weighted by Gasteiger charge is -2.12. The molecule has 0 saturated heterocycles. The van der Waals surface area contributed by atoms with E-state index < -0.39 is 0 Å². The van der Waals surface area contributed by atoms with Crippen LogP contribution in [0.15, 0.2) is 140 Å². The van der Waals surface area contributed by atoms with Gasteiger partial charge in [0.25, 0.3) is 0 Å². The zero-order chi connectivity index (χ0) is 26.0. The molecule has 0 atom stereocenters. The molecule has 0 amide bonds. The highest BCUT2D eigenvalue weighted by atomic mass is 32.1. The topological polar surface area (TPSA) is 38.7 Å². The lowest BCUT2D eigenvalue weighted by atomic mass is 9.97. The Morgan fingerprint density at radius 2 is 1.18 bits per heavy atom. The van der Waals surface area contributed by atoms with Gasteiger partial charge in [0.05, 0.1) is 16.3 Å². The summed E-state index contributed by atoms with van der Waals surface area (Å²) >= 11 is 1.76. The van der Waals surface area contributed by atoms with Crippen LogP contribution in [0.5, 0.6) is 0 Å². The van der Waals surface area contributed by atoms with Crippen LogP contribution in [0.3, 0.4) is 0 Å². The number of thiophene rings is 1. The molecular weight excluding hydrogens is 494 g/mol. The fourth-order valence-electron chi connectivity index (χ4n) is 4.87. The monoisotopic (exact) mass is 517 g/mol. The normalized spacial score (nSPS) is 11.1. The van der Waals surface area contributed by atoms with Crippen molar-refractivity contribution in [3.05, 3.63) is 140 Å². The number of hydrogen-bond donors (Lipinski definition) is 0. The van der Waals surface area contributed by atoms with Crippen molar-refractivity contribution in [3.63, 3.8) is 0 Å². The van der Waals surface area contributed by atoms with Gasteiger partial charge in [-0.3, -0.25) is 4.98 Å². The van der Waals surface area contributed by atoms with Crippen molar-refractivity contribution in [3.8, 4) is 55.5 Å². The van der Waals surface area contributed by atoms with Crippen molar-refractivity contribution in [1.82, 2.24) is 15.0 Å². The van der Waals surface area contributed by atoms with Crippen LogP contribution >= 0.6 is 11.3 Å². The van der Waals surface area contributed by atoms with Crippen molar-refractivity contribution in [2.24, 2.45) is 0 Å². The maximum Gasteiger partial charge on any atom is 0.160 e. The van der Waals surface area contributed by atoms with Gasteiger partial charge in [0.1, 0.15) is 0 Å². The summed E-state index contributed by atoms with van der Waals surface area (Å²) in [6.07, 6.45) is 3.67. The average Bonchev–Trinajstić information content (AvgIpc) is 3.47. The lowest BCUT2D eigenvalue weighted by Crippen LogP contribution is -1.96. The molecule has 4 heteroatoms. The second kappa shape index (κ2) is 10.1. The van der Waals surface area contributed by atoms with Gasteiger partial charge in [-0.1, -0.05) is 103 Å². The van der Waals surface area contributed by atoms with E-state index in [2.05, 4.69) is 120 Å². The predicted molar refractivity (Wildman–Crippen MR) is 162 cm³/mol. The molecular formula is C35H23N3S. The van der Waals surface area contributed by atoms with Crippen LogP contribution in [-0.2, 0) is 0 Å². The van der Waals surface area contributed by atoms with E-state index in [0.29, 0.717) is 5.82 Å². The zero-order valence-corrected chi connectivity index (χ0v) is 21.8. The maximum atomic E-state index is 5.12. The number of rotatable bonds is 5. The van der Waals surface area contributed by atoms with Crippen LogP contribution in [0.25, 0.3) is 65.6 Å². The number of benzene rings is 4. The number of fused-ring (bicyclic) bond motifs is 1. The second-order valence-corrected chi connectivity index (χ2v) is 10.4. The van der Waals surface area contributed by atoms with Crippen molar-refractivity contribution in [2.75, 3.05) is 0 Å². The summed E-state index contributed by atoms with van der Waals surface area (Å²) in [7, 11) is 0. The van der Waals surface area contributed by atoms with Crippen LogP contribution in [0, 0.1) is 0 Å². The third-order valence-electron chi connectivity index (χ3n) is 6.83.